The highest BCUT2D eigenvalue weighted by molar-refractivity contribution is 5.85. The van der Waals surface area contributed by atoms with Gasteiger partial charge in [0.1, 0.15) is 11.5 Å². The molecule has 0 bridgehead atoms. The third-order valence-corrected chi connectivity index (χ3v) is 4.64. The Bertz CT molecular complexity index is 915. The third-order valence-electron chi connectivity index (χ3n) is 4.64. The van der Waals surface area contributed by atoms with Crippen LogP contribution >= 0.6 is 0 Å². The number of phenols is 2. The fourth-order valence-electron chi connectivity index (χ4n) is 3.38. The van der Waals surface area contributed by atoms with Crippen LogP contribution in [0.2, 0.25) is 0 Å². The largest absolute Gasteiger partial charge is 0.508 e. The predicted molar refractivity (Wildman–Crippen MR) is 96.6 cm³/mol. The van der Waals surface area contributed by atoms with Crippen LogP contribution in [0.3, 0.4) is 0 Å². The molecular weight excluding hydrogens is 300 g/mol. The standard InChI is InChI=1S/C20H20N2O2/c23-15-5-7-19-17(9-15)13(11-21-19)3-1-2-4-14-12-22-20-8-6-16(24)10-18(14)20/h5-12,21-24H,1-4H2. The lowest BCUT2D eigenvalue weighted by atomic mass is 10.0. The van der Waals surface area contributed by atoms with Gasteiger partial charge >= 0.3 is 0 Å². The molecule has 4 aromatic rings. The van der Waals surface area contributed by atoms with Gasteiger partial charge in [-0.1, -0.05) is 0 Å². The first-order valence-electron chi connectivity index (χ1n) is 8.29. The number of benzene rings is 2. The second-order valence-electron chi connectivity index (χ2n) is 6.29. The van der Waals surface area contributed by atoms with E-state index in [1.54, 1.807) is 12.1 Å². The van der Waals surface area contributed by atoms with Gasteiger partial charge in [0.25, 0.3) is 0 Å². The minimum absolute atomic E-state index is 0.307. The molecule has 24 heavy (non-hydrogen) atoms. The van der Waals surface area contributed by atoms with Crippen molar-refractivity contribution in [3.8, 4) is 11.5 Å². The first-order chi connectivity index (χ1) is 11.7. The van der Waals surface area contributed by atoms with Crippen LogP contribution in [0, 0.1) is 0 Å². The minimum Gasteiger partial charge on any atom is -0.508 e. The summed E-state index contributed by atoms with van der Waals surface area (Å²) in [7, 11) is 0. The zero-order valence-corrected chi connectivity index (χ0v) is 13.3. The maximum atomic E-state index is 9.65. The molecule has 4 N–H and O–H groups in total. The number of aromatic hydroxyl groups is 2. The van der Waals surface area contributed by atoms with Crippen LogP contribution in [0.5, 0.6) is 11.5 Å². The van der Waals surface area contributed by atoms with Gasteiger partial charge in [0.05, 0.1) is 0 Å². The van der Waals surface area contributed by atoms with Gasteiger partial charge in [-0.3, -0.25) is 0 Å². The monoisotopic (exact) mass is 320 g/mol. The van der Waals surface area contributed by atoms with Crippen molar-refractivity contribution in [3.63, 3.8) is 0 Å². The van der Waals surface area contributed by atoms with Crippen molar-refractivity contribution in [2.75, 3.05) is 0 Å². The second kappa shape index (κ2) is 5.96. The average Bonchev–Trinajstić information content (AvgIpc) is 3.15. The van der Waals surface area contributed by atoms with Crippen molar-refractivity contribution in [3.05, 3.63) is 59.9 Å². The van der Waals surface area contributed by atoms with E-state index in [0.29, 0.717) is 11.5 Å². The second-order valence-corrected chi connectivity index (χ2v) is 6.29. The van der Waals surface area contributed by atoms with Gasteiger partial charge in [0, 0.05) is 34.2 Å². The van der Waals surface area contributed by atoms with Crippen molar-refractivity contribution in [2.45, 2.75) is 25.7 Å². The van der Waals surface area contributed by atoms with Crippen molar-refractivity contribution in [1.82, 2.24) is 9.97 Å². The molecule has 2 heterocycles. The van der Waals surface area contributed by atoms with E-state index in [9.17, 15) is 10.2 Å². The van der Waals surface area contributed by atoms with E-state index in [-0.39, 0.29) is 0 Å². The van der Waals surface area contributed by atoms with E-state index < -0.39 is 0 Å². The van der Waals surface area contributed by atoms with Gasteiger partial charge in [-0.15, -0.1) is 0 Å². The molecule has 2 aromatic carbocycles. The van der Waals surface area contributed by atoms with E-state index in [2.05, 4.69) is 9.97 Å². The number of aryl methyl sites for hydroxylation is 2. The number of rotatable bonds is 5. The highest BCUT2D eigenvalue weighted by Crippen LogP contribution is 2.26. The van der Waals surface area contributed by atoms with E-state index in [1.807, 2.05) is 36.7 Å². The predicted octanol–water partition coefficient (Wildman–Crippen LogP) is 4.63. The number of hydrogen-bond acceptors (Lipinski definition) is 2. The number of H-pyrrole nitrogens is 2. The molecule has 0 aliphatic carbocycles. The number of nitrogens with one attached hydrogen (secondary N) is 2. The SMILES string of the molecule is Oc1ccc2[nH]cc(CCCCc3c[nH]c4ccc(O)cc34)c2c1. The van der Waals surface area contributed by atoms with Crippen LogP contribution in [-0.4, -0.2) is 20.2 Å². The average molecular weight is 320 g/mol. The number of aromatic amines is 2. The summed E-state index contributed by atoms with van der Waals surface area (Å²) in [5.41, 5.74) is 4.62. The van der Waals surface area contributed by atoms with Gasteiger partial charge in [0.2, 0.25) is 0 Å². The van der Waals surface area contributed by atoms with Crippen molar-refractivity contribution in [2.24, 2.45) is 0 Å². The Hall–Kier alpha value is -2.88. The fraction of sp³-hybridized carbons (Fsp3) is 0.200. The van der Waals surface area contributed by atoms with Gasteiger partial charge in [-0.05, 0) is 73.2 Å². The van der Waals surface area contributed by atoms with Crippen LogP contribution in [0.15, 0.2) is 48.8 Å². The van der Waals surface area contributed by atoms with E-state index in [0.717, 1.165) is 47.5 Å². The Labute approximate surface area is 139 Å². The summed E-state index contributed by atoms with van der Waals surface area (Å²) in [4.78, 5) is 6.51. The molecule has 0 atom stereocenters. The van der Waals surface area contributed by atoms with Crippen LogP contribution in [0.25, 0.3) is 21.8 Å². The summed E-state index contributed by atoms with van der Waals surface area (Å²) >= 11 is 0. The maximum absolute atomic E-state index is 9.65. The first-order valence-corrected chi connectivity index (χ1v) is 8.29. The van der Waals surface area contributed by atoms with Crippen LogP contribution in [0.4, 0.5) is 0 Å². The molecule has 0 radical (unpaired) electrons. The Morgan fingerprint density at radius 1 is 0.667 bits per heavy atom. The molecule has 0 aliphatic heterocycles. The highest BCUT2D eigenvalue weighted by atomic mass is 16.3. The maximum Gasteiger partial charge on any atom is 0.116 e. The summed E-state index contributed by atoms with van der Waals surface area (Å²) in [5, 5.41) is 21.5. The lowest BCUT2D eigenvalue weighted by molar-refractivity contribution is 0.475. The van der Waals surface area contributed by atoms with Gasteiger partial charge in [-0.2, -0.15) is 0 Å². The van der Waals surface area contributed by atoms with Crippen LogP contribution in [-0.2, 0) is 12.8 Å². The topological polar surface area (TPSA) is 72.0 Å². The molecule has 0 saturated heterocycles. The zero-order valence-electron chi connectivity index (χ0n) is 13.3. The van der Waals surface area contributed by atoms with Gasteiger partial charge in [-0.25, -0.2) is 0 Å². The van der Waals surface area contributed by atoms with Gasteiger partial charge in [0.15, 0.2) is 0 Å². The quantitative estimate of drug-likeness (QED) is 0.405. The number of unbranched alkanes of at least 4 members (excludes halogenated alkanes) is 1. The van der Waals surface area contributed by atoms with Crippen molar-refractivity contribution < 1.29 is 10.2 Å². The number of hydrogen-bond donors (Lipinski definition) is 4. The first kappa shape index (κ1) is 14.7. The Morgan fingerprint density at radius 2 is 1.12 bits per heavy atom. The minimum atomic E-state index is 0.307. The molecule has 0 spiro atoms. The molecule has 2 aromatic heterocycles. The molecule has 4 rings (SSSR count). The fourth-order valence-corrected chi connectivity index (χ4v) is 3.38. The summed E-state index contributed by atoms with van der Waals surface area (Å²) in [5.74, 6) is 0.615. The Balaban J connectivity index is 1.42. The molecule has 0 aliphatic rings. The molecule has 4 heteroatoms. The summed E-state index contributed by atoms with van der Waals surface area (Å²) in [6.07, 6.45) is 8.19. The number of phenolic OH excluding ortho intramolecular Hbond substituents is 2. The van der Waals surface area contributed by atoms with Gasteiger partial charge < -0.3 is 20.2 Å². The molecule has 0 saturated carbocycles. The summed E-state index contributed by atoms with van der Waals surface area (Å²) in [6, 6.07) is 10.9. The smallest absolute Gasteiger partial charge is 0.116 e. The normalized spacial score (nSPS) is 11.5. The molecular formula is C20H20N2O2. The Kier molecular flexibility index (Phi) is 3.65. The van der Waals surface area contributed by atoms with Crippen molar-refractivity contribution in [1.29, 1.82) is 0 Å². The summed E-state index contributed by atoms with van der Waals surface area (Å²) < 4.78 is 0. The summed E-state index contributed by atoms with van der Waals surface area (Å²) in [6.45, 7) is 0. The number of aromatic nitrogens is 2. The molecule has 4 nitrogen and oxygen atoms in total. The lowest BCUT2D eigenvalue weighted by Gasteiger charge is -2.02. The van der Waals surface area contributed by atoms with E-state index in [4.69, 9.17) is 0 Å². The number of fused-ring (bicyclic) bond motifs is 2. The lowest BCUT2D eigenvalue weighted by Crippen LogP contribution is -1.88. The third kappa shape index (κ3) is 2.71. The molecule has 122 valence electrons. The molecule has 0 fully saturated rings. The zero-order chi connectivity index (χ0) is 16.5. The van der Waals surface area contributed by atoms with Crippen LogP contribution < -0.4 is 0 Å². The molecule has 0 amide bonds. The molecule has 0 unspecified atom stereocenters. The van der Waals surface area contributed by atoms with Crippen molar-refractivity contribution >= 4 is 21.8 Å². The van der Waals surface area contributed by atoms with Crippen LogP contribution in [0.1, 0.15) is 24.0 Å². The highest BCUT2D eigenvalue weighted by Gasteiger charge is 2.07. The van der Waals surface area contributed by atoms with E-state index >= 15 is 0 Å². The Morgan fingerprint density at radius 3 is 1.58 bits per heavy atom. The van der Waals surface area contributed by atoms with E-state index in [1.165, 1.54) is 11.1 Å².